The molecule has 1 aromatic carbocycles. The molecule has 1 heterocycles. The lowest BCUT2D eigenvalue weighted by Crippen LogP contribution is -2.15. The van der Waals surface area contributed by atoms with Crippen molar-refractivity contribution >= 4 is 33.3 Å². The van der Waals surface area contributed by atoms with Crippen LogP contribution >= 0.6 is 15.9 Å². The molecular formula is C14H13BrFN3O. The lowest BCUT2D eigenvalue weighted by molar-refractivity contribution is 0.102. The van der Waals surface area contributed by atoms with Gasteiger partial charge in [-0.2, -0.15) is 0 Å². The number of aryl methyl sites for hydroxylation is 1. The molecule has 0 aliphatic rings. The summed E-state index contributed by atoms with van der Waals surface area (Å²) in [6.45, 7) is 1.94. The molecule has 2 N–H and O–H groups in total. The Hall–Kier alpha value is -1.95. The van der Waals surface area contributed by atoms with E-state index in [0.717, 1.165) is 10.0 Å². The van der Waals surface area contributed by atoms with Crippen molar-refractivity contribution in [1.82, 2.24) is 4.98 Å². The summed E-state index contributed by atoms with van der Waals surface area (Å²) < 4.78 is 14.7. The molecule has 0 aliphatic carbocycles. The molecule has 1 aromatic heterocycles. The maximum absolute atomic E-state index is 14.0. The van der Waals surface area contributed by atoms with Crippen LogP contribution in [0.25, 0.3) is 0 Å². The van der Waals surface area contributed by atoms with Crippen molar-refractivity contribution in [3.05, 3.63) is 51.9 Å². The summed E-state index contributed by atoms with van der Waals surface area (Å²) in [6.07, 6.45) is 1.38. The number of carbonyl (C=O) groups excluding carboxylic acids is 1. The molecule has 2 aromatic rings. The fourth-order valence-electron chi connectivity index (χ4n) is 1.70. The van der Waals surface area contributed by atoms with Crippen LogP contribution in [-0.4, -0.2) is 17.9 Å². The normalized spacial score (nSPS) is 10.2. The summed E-state index contributed by atoms with van der Waals surface area (Å²) in [5, 5.41) is 5.26. The van der Waals surface area contributed by atoms with Crippen molar-refractivity contribution in [1.29, 1.82) is 0 Å². The number of carbonyl (C=O) groups is 1. The molecule has 0 unspecified atom stereocenters. The average molecular weight is 338 g/mol. The second-order valence-corrected chi connectivity index (χ2v) is 5.06. The molecule has 4 nitrogen and oxygen atoms in total. The molecule has 20 heavy (non-hydrogen) atoms. The Morgan fingerprint density at radius 3 is 2.75 bits per heavy atom. The van der Waals surface area contributed by atoms with Gasteiger partial charge in [0, 0.05) is 17.7 Å². The van der Waals surface area contributed by atoms with Gasteiger partial charge in [-0.3, -0.25) is 4.79 Å². The molecule has 0 bridgehead atoms. The largest absolute Gasteiger partial charge is 0.371 e. The van der Waals surface area contributed by atoms with E-state index in [4.69, 9.17) is 0 Å². The van der Waals surface area contributed by atoms with Crippen molar-refractivity contribution < 1.29 is 9.18 Å². The Morgan fingerprint density at radius 2 is 2.10 bits per heavy atom. The molecule has 0 saturated carbocycles. The van der Waals surface area contributed by atoms with Crippen molar-refractivity contribution in [2.75, 3.05) is 17.7 Å². The van der Waals surface area contributed by atoms with Crippen LogP contribution in [-0.2, 0) is 0 Å². The van der Waals surface area contributed by atoms with Gasteiger partial charge in [0.1, 0.15) is 0 Å². The minimum Gasteiger partial charge on any atom is -0.371 e. The van der Waals surface area contributed by atoms with Gasteiger partial charge in [-0.15, -0.1) is 0 Å². The molecule has 0 fully saturated rings. The maximum atomic E-state index is 14.0. The van der Waals surface area contributed by atoms with Gasteiger partial charge in [0.2, 0.25) is 0 Å². The van der Waals surface area contributed by atoms with Gasteiger partial charge >= 0.3 is 0 Å². The molecular weight excluding hydrogens is 325 g/mol. The molecule has 0 spiro atoms. The van der Waals surface area contributed by atoms with Crippen molar-refractivity contribution in [3.8, 4) is 0 Å². The fraction of sp³-hybridized carbons (Fsp3) is 0.143. The van der Waals surface area contributed by atoms with Crippen LogP contribution in [0.1, 0.15) is 15.9 Å². The van der Waals surface area contributed by atoms with Crippen LogP contribution in [0.3, 0.4) is 0 Å². The first-order chi connectivity index (χ1) is 9.52. The van der Waals surface area contributed by atoms with Gasteiger partial charge in [0.05, 0.1) is 11.3 Å². The van der Waals surface area contributed by atoms with Crippen LogP contribution < -0.4 is 10.6 Å². The minimum absolute atomic E-state index is 0.0422. The lowest BCUT2D eigenvalue weighted by atomic mass is 10.2. The third-order valence-corrected chi connectivity index (χ3v) is 3.40. The highest BCUT2D eigenvalue weighted by atomic mass is 79.9. The number of hydrogen-bond donors (Lipinski definition) is 2. The van der Waals surface area contributed by atoms with E-state index in [1.165, 1.54) is 12.3 Å². The number of hydrogen-bond acceptors (Lipinski definition) is 3. The topological polar surface area (TPSA) is 54.0 Å². The average Bonchev–Trinajstić information content (AvgIpc) is 2.42. The highest BCUT2D eigenvalue weighted by Gasteiger charge is 2.16. The maximum Gasteiger partial charge on any atom is 0.258 e. The highest BCUT2D eigenvalue weighted by molar-refractivity contribution is 9.10. The molecule has 0 aliphatic heterocycles. The number of nitrogens with one attached hydrogen (secondary N) is 2. The summed E-state index contributed by atoms with van der Waals surface area (Å²) in [7, 11) is 1.55. The summed E-state index contributed by atoms with van der Waals surface area (Å²) in [5.41, 5.74) is 1.59. The molecule has 0 radical (unpaired) electrons. The number of benzene rings is 1. The second kappa shape index (κ2) is 6.00. The number of amides is 1. The Bertz CT molecular complexity index is 661. The van der Waals surface area contributed by atoms with Crippen LogP contribution in [0.15, 0.2) is 34.9 Å². The van der Waals surface area contributed by atoms with Gasteiger partial charge in [-0.1, -0.05) is 6.07 Å². The van der Waals surface area contributed by atoms with Crippen LogP contribution in [0.5, 0.6) is 0 Å². The fourth-order valence-corrected chi connectivity index (χ4v) is 2.30. The lowest BCUT2D eigenvalue weighted by Gasteiger charge is -2.10. The predicted molar refractivity (Wildman–Crippen MR) is 80.6 cm³/mol. The monoisotopic (exact) mass is 337 g/mol. The molecule has 0 atom stereocenters. The number of aromatic nitrogens is 1. The minimum atomic E-state index is -0.671. The molecule has 0 saturated heterocycles. The van der Waals surface area contributed by atoms with E-state index in [1.54, 1.807) is 13.1 Å². The van der Waals surface area contributed by atoms with Crippen molar-refractivity contribution in [2.24, 2.45) is 0 Å². The second-order valence-electron chi connectivity index (χ2n) is 4.21. The quantitative estimate of drug-likeness (QED) is 0.899. The number of anilines is 2. The van der Waals surface area contributed by atoms with Crippen molar-refractivity contribution in [2.45, 2.75) is 6.92 Å². The van der Waals surface area contributed by atoms with Gasteiger partial charge in [-0.25, -0.2) is 9.37 Å². The summed E-state index contributed by atoms with van der Waals surface area (Å²) in [4.78, 5) is 15.9. The Kier molecular flexibility index (Phi) is 4.34. The smallest absolute Gasteiger partial charge is 0.258 e. The zero-order valence-corrected chi connectivity index (χ0v) is 12.6. The van der Waals surface area contributed by atoms with Gasteiger partial charge < -0.3 is 10.6 Å². The van der Waals surface area contributed by atoms with Crippen molar-refractivity contribution in [3.63, 3.8) is 0 Å². The van der Waals surface area contributed by atoms with E-state index < -0.39 is 11.7 Å². The Morgan fingerprint density at radius 1 is 1.35 bits per heavy atom. The van der Waals surface area contributed by atoms with E-state index >= 15 is 0 Å². The standard InChI is InChI=1S/C14H13BrFN3O/c1-8-3-4-11(10(15)7-8)19-14(20)9-5-6-18-13(17-2)12(9)16/h3-7H,1-2H3,(H,17,18)(H,19,20). The molecule has 6 heteroatoms. The molecule has 104 valence electrons. The van der Waals surface area contributed by atoms with Crippen LogP contribution in [0, 0.1) is 12.7 Å². The Labute approximate surface area is 124 Å². The number of halogens is 2. The zero-order chi connectivity index (χ0) is 14.7. The third kappa shape index (κ3) is 2.96. The highest BCUT2D eigenvalue weighted by Crippen LogP contribution is 2.24. The van der Waals surface area contributed by atoms with E-state index in [2.05, 4.69) is 31.5 Å². The van der Waals surface area contributed by atoms with E-state index in [-0.39, 0.29) is 11.4 Å². The summed E-state index contributed by atoms with van der Waals surface area (Å²) in [6, 6.07) is 6.84. The summed E-state index contributed by atoms with van der Waals surface area (Å²) in [5.74, 6) is -1.15. The van der Waals surface area contributed by atoms with Gasteiger partial charge in [0.15, 0.2) is 11.6 Å². The molecule has 2 rings (SSSR count). The first-order valence-corrected chi connectivity index (χ1v) is 6.72. The van der Waals surface area contributed by atoms with Gasteiger partial charge in [0.25, 0.3) is 5.91 Å². The van der Waals surface area contributed by atoms with E-state index in [9.17, 15) is 9.18 Å². The number of nitrogens with zero attached hydrogens (tertiary/aromatic N) is 1. The summed E-state index contributed by atoms with van der Waals surface area (Å²) >= 11 is 3.36. The first kappa shape index (κ1) is 14.5. The molecule has 1 amide bonds. The van der Waals surface area contributed by atoms with Crippen LogP contribution in [0.2, 0.25) is 0 Å². The Balaban J connectivity index is 2.28. The van der Waals surface area contributed by atoms with E-state index in [0.29, 0.717) is 5.69 Å². The number of pyridine rings is 1. The van der Waals surface area contributed by atoms with E-state index in [1.807, 2.05) is 19.1 Å². The SMILES string of the molecule is CNc1nccc(C(=O)Nc2ccc(C)cc2Br)c1F. The van der Waals surface area contributed by atoms with Gasteiger partial charge in [-0.05, 0) is 46.6 Å². The predicted octanol–water partition coefficient (Wildman–Crippen LogP) is 3.59. The number of rotatable bonds is 3. The zero-order valence-electron chi connectivity index (χ0n) is 11.0. The third-order valence-electron chi connectivity index (χ3n) is 2.74. The van der Waals surface area contributed by atoms with Crippen LogP contribution in [0.4, 0.5) is 15.9 Å². The first-order valence-electron chi connectivity index (χ1n) is 5.92.